The first kappa shape index (κ1) is 12.9. The van der Waals surface area contributed by atoms with Gasteiger partial charge in [0, 0.05) is 0 Å². The van der Waals surface area contributed by atoms with Crippen molar-refractivity contribution in [1.82, 2.24) is 5.32 Å². The summed E-state index contributed by atoms with van der Waals surface area (Å²) < 4.78 is 5.11. The van der Waals surface area contributed by atoms with Crippen molar-refractivity contribution in [1.29, 1.82) is 0 Å². The molecule has 1 amide bonds. The molecule has 18 heavy (non-hydrogen) atoms. The maximum Gasteiger partial charge on any atom is 0.242 e. The SMILES string of the molecule is COc1ccc(C(C)(NCC2CC2)C(N)=O)cc1. The number of carbonyl (C=O) groups excluding carboxylic acids is 1. The molecule has 0 aromatic heterocycles. The molecule has 4 nitrogen and oxygen atoms in total. The molecule has 1 aliphatic carbocycles. The summed E-state index contributed by atoms with van der Waals surface area (Å²) >= 11 is 0. The van der Waals surface area contributed by atoms with Crippen LogP contribution in [0.3, 0.4) is 0 Å². The maximum atomic E-state index is 11.7. The molecular formula is C14H20N2O2. The Hall–Kier alpha value is -1.55. The second-order valence-electron chi connectivity index (χ2n) is 5.04. The molecular weight excluding hydrogens is 228 g/mol. The number of nitrogens with one attached hydrogen (secondary N) is 1. The summed E-state index contributed by atoms with van der Waals surface area (Å²) in [6.45, 7) is 2.67. The molecule has 1 aliphatic rings. The third-order valence-corrected chi connectivity index (χ3v) is 3.60. The average molecular weight is 248 g/mol. The van der Waals surface area contributed by atoms with Crippen LogP contribution in [0.4, 0.5) is 0 Å². The van der Waals surface area contributed by atoms with Crippen molar-refractivity contribution in [2.45, 2.75) is 25.3 Å². The van der Waals surface area contributed by atoms with E-state index in [0.717, 1.165) is 17.9 Å². The maximum absolute atomic E-state index is 11.7. The van der Waals surface area contributed by atoms with Gasteiger partial charge in [0.05, 0.1) is 7.11 Å². The molecule has 1 saturated carbocycles. The number of rotatable bonds is 6. The van der Waals surface area contributed by atoms with E-state index >= 15 is 0 Å². The first-order chi connectivity index (χ1) is 8.56. The molecule has 0 bridgehead atoms. The van der Waals surface area contributed by atoms with Crippen molar-refractivity contribution >= 4 is 5.91 Å². The van der Waals surface area contributed by atoms with Gasteiger partial charge in [-0.05, 0) is 49.9 Å². The van der Waals surface area contributed by atoms with Crippen LogP contribution in [0.1, 0.15) is 25.3 Å². The summed E-state index contributed by atoms with van der Waals surface area (Å²) in [5.41, 5.74) is 5.61. The van der Waals surface area contributed by atoms with Gasteiger partial charge >= 0.3 is 0 Å². The lowest BCUT2D eigenvalue weighted by molar-refractivity contribution is -0.124. The highest BCUT2D eigenvalue weighted by atomic mass is 16.5. The predicted molar refractivity (Wildman–Crippen MR) is 70.3 cm³/mol. The van der Waals surface area contributed by atoms with Crippen LogP contribution in [0.25, 0.3) is 0 Å². The lowest BCUT2D eigenvalue weighted by Gasteiger charge is -2.28. The number of nitrogens with two attached hydrogens (primary N) is 1. The minimum Gasteiger partial charge on any atom is -0.497 e. The minimum atomic E-state index is -0.811. The van der Waals surface area contributed by atoms with Gasteiger partial charge in [-0.2, -0.15) is 0 Å². The van der Waals surface area contributed by atoms with Crippen molar-refractivity contribution in [3.8, 4) is 5.75 Å². The van der Waals surface area contributed by atoms with Crippen LogP contribution in [0.15, 0.2) is 24.3 Å². The van der Waals surface area contributed by atoms with Crippen molar-refractivity contribution in [2.24, 2.45) is 11.7 Å². The molecule has 0 saturated heterocycles. The van der Waals surface area contributed by atoms with Crippen LogP contribution in [0.2, 0.25) is 0 Å². The Morgan fingerprint density at radius 1 is 1.44 bits per heavy atom. The Bertz CT molecular complexity index is 426. The number of ether oxygens (including phenoxy) is 1. The highest BCUT2D eigenvalue weighted by molar-refractivity contribution is 5.85. The third kappa shape index (κ3) is 2.64. The van der Waals surface area contributed by atoms with Crippen LogP contribution in [0.5, 0.6) is 5.75 Å². The lowest BCUT2D eigenvalue weighted by atomic mass is 9.91. The van der Waals surface area contributed by atoms with Gasteiger partial charge in [-0.3, -0.25) is 10.1 Å². The Kier molecular flexibility index (Phi) is 3.57. The molecule has 98 valence electrons. The van der Waals surface area contributed by atoms with Gasteiger partial charge in [-0.1, -0.05) is 12.1 Å². The molecule has 1 fully saturated rings. The zero-order valence-electron chi connectivity index (χ0n) is 10.9. The second-order valence-corrected chi connectivity index (χ2v) is 5.04. The first-order valence-electron chi connectivity index (χ1n) is 6.25. The Labute approximate surface area is 108 Å². The van der Waals surface area contributed by atoms with Crippen LogP contribution in [-0.4, -0.2) is 19.6 Å². The molecule has 3 N–H and O–H groups in total. The number of methoxy groups -OCH3 is 1. The van der Waals surface area contributed by atoms with Gasteiger partial charge < -0.3 is 10.5 Å². The van der Waals surface area contributed by atoms with E-state index in [1.165, 1.54) is 12.8 Å². The summed E-state index contributed by atoms with van der Waals surface area (Å²) in [5.74, 6) is 1.11. The van der Waals surface area contributed by atoms with Gasteiger partial charge in [-0.25, -0.2) is 0 Å². The van der Waals surface area contributed by atoms with Gasteiger partial charge in [-0.15, -0.1) is 0 Å². The number of hydrogen-bond donors (Lipinski definition) is 2. The van der Waals surface area contributed by atoms with E-state index in [9.17, 15) is 4.79 Å². The fraction of sp³-hybridized carbons (Fsp3) is 0.500. The molecule has 1 atom stereocenters. The quantitative estimate of drug-likeness (QED) is 0.799. The summed E-state index contributed by atoms with van der Waals surface area (Å²) in [4.78, 5) is 11.7. The average Bonchev–Trinajstić information content (AvgIpc) is 3.20. The standard InChI is InChI=1S/C14H20N2O2/c1-14(13(15)17,16-9-10-3-4-10)11-5-7-12(18-2)8-6-11/h5-8,10,16H,3-4,9H2,1-2H3,(H2,15,17). The van der Waals surface area contributed by atoms with Crippen LogP contribution in [-0.2, 0) is 10.3 Å². The van der Waals surface area contributed by atoms with E-state index in [-0.39, 0.29) is 5.91 Å². The Morgan fingerprint density at radius 2 is 2.06 bits per heavy atom. The number of primary amides is 1. The smallest absolute Gasteiger partial charge is 0.242 e. The molecule has 4 heteroatoms. The fourth-order valence-electron chi connectivity index (χ4n) is 1.93. The largest absolute Gasteiger partial charge is 0.497 e. The van der Waals surface area contributed by atoms with Gasteiger partial charge in [0.25, 0.3) is 0 Å². The second kappa shape index (κ2) is 4.98. The summed E-state index contributed by atoms with van der Waals surface area (Å²) in [7, 11) is 1.62. The molecule has 1 aromatic rings. The van der Waals surface area contributed by atoms with Crippen LogP contribution in [0, 0.1) is 5.92 Å². The molecule has 0 heterocycles. The fourth-order valence-corrected chi connectivity index (χ4v) is 1.93. The van der Waals surface area contributed by atoms with Crippen molar-refractivity contribution in [2.75, 3.05) is 13.7 Å². The number of amides is 1. The zero-order chi connectivity index (χ0) is 13.2. The van der Waals surface area contributed by atoms with Crippen LogP contribution < -0.4 is 15.8 Å². The summed E-state index contributed by atoms with van der Waals surface area (Å²) in [5, 5.41) is 3.30. The van der Waals surface area contributed by atoms with Crippen LogP contribution >= 0.6 is 0 Å². The van der Waals surface area contributed by atoms with E-state index in [1.807, 2.05) is 31.2 Å². The topological polar surface area (TPSA) is 64.3 Å². The predicted octanol–water partition coefficient (Wildman–Crippen LogP) is 1.40. The van der Waals surface area contributed by atoms with E-state index in [4.69, 9.17) is 10.5 Å². The van der Waals surface area contributed by atoms with Crippen molar-refractivity contribution in [3.05, 3.63) is 29.8 Å². The van der Waals surface area contributed by atoms with Gasteiger partial charge in [0.2, 0.25) is 5.91 Å². The first-order valence-corrected chi connectivity index (χ1v) is 6.25. The molecule has 2 rings (SSSR count). The Morgan fingerprint density at radius 3 is 2.50 bits per heavy atom. The highest BCUT2D eigenvalue weighted by Crippen LogP contribution is 2.30. The number of hydrogen-bond acceptors (Lipinski definition) is 3. The van der Waals surface area contributed by atoms with Gasteiger partial charge in [0.1, 0.15) is 11.3 Å². The molecule has 1 aromatic carbocycles. The lowest BCUT2D eigenvalue weighted by Crippen LogP contribution is -2.51. The normalized spacial score (nSPS) is 18.1. The zero-order valence-corrected chi connectivity index (χ0v) is 10.9. The minimum absolute atomic E-state index is 0.353. The van der Waals surface area contributed by atoms with E-state index in [1.54, 1.807) is 7.11 Å². The summed E-state index contributed by atoms with van der Waals surface area (Å²) in [6.07, 6.45) is 2.48. The summed E-state index contributed by atoms with van der Waals surface area (Å²) in [6, 6.07) is 7.44. The third-order valence-electron chi connectivity index (χ3n) is 3.60. The Balaban J connectivity index is 2.17. The van der Waals surface area contributed by atoms with E-state index in [2.05, 4.69) is 5.32 Å². The molecule has 0 spiro atoms. The van der Waals surface area contributed by atoms with Crippen molar-refractivity contribution in [3.63, 3.8) is 0 Å². The number of benzene rings is 1. The monoisotopic (exact) mass is 248 g/mol. The molecule has 1 unspecified atom stereocenters. The highest BCUT2D eigenvalue weighted by Gasteiger charge is 2.34. The van der Waals surface area contributed by atoms with E-state index in [0.29, 0.717) is 5.92 Å². The molecule has 0 radical (unpaired) electrons. The van der Waals surface area contributed by atoms with Gasteiger partial charge in [0.15, 0.2) is 0 Å². The number of carbonyl (C=O) groups is 1. The van der Waals surface area contributed by atoms with Crippen molar-refractivity contribution < 1.29 is 9.53 Å². The van der Waals surface area contributed by atoms with E-state index < -0.39 is 5.54 Å². The molecule has 0 aliphatic heterocycles.